The van der Waals surface area contributed by atoms with Crippen molar-refractivity contribution in [2.24, 2.45) is 0 Å². The van der Waals surface area contributed by atoms with E-state index in [1.165, 1.54) is 82.7 Å². The van der Waals surface area contributed by atoms with Gasteiger partial charge in [0.15, 0.2) is 34.4 Å². The molecule has 508 valence electrons. The van der Waals surface area contributed by atoms with E-state index in [4.69, 9.17) is 48.4 Å². The zero-order chi connectivity index (χ0) is 69.9. The normalized spacial score (nSPS) is 13.4. The molecule has 0 spiro atoms. The van der Waals surface area contributed by atoms with Crippen LogP contribution in [-0.2, 0) is 38.2 Å². The van der Waals surface area contributed by atoms with Gasteiger partial charge >= 0.3 is 18.5 Å². The summed E-state index contributed by atoms with van der Waals surface area (Å²) in [7, 11) is 0. The van der Waals surface area contributed by atoms with Crippen molar-refractivity contribution >= 4 is 68.8 Å². The van der Waals surface area contributed by atoms with E-state index in [-0.39, 0.29) is 123 Å². The molecule has 0 radical (unpaired) electrons. The number of halogens is 15. The molecule has 12 aromatic rings. The quantitative estimate of drug-likeness (QED) is 0.0764. The number of rotatable bonds is 16. The summed E-state index contributed by atoms with van der Waals surface area (Å²) in [4.78, 5) is 12.5. The summed E-state index contributed by atoms with van der Waals surface area (Å²) in [6.45, 7) is 4.79. The molecule has 18 nitrogen and oxygen atoms in total. The lowest BCUT2D eigenvalue weighted by atomic mass is 10.0. The van der Waals surface area contributed by atoms with Crippen LogP contribution in [0.1, 0.15) is 64.0 Å². The Labute approximate surface area is 565 Å². The third-order valence-corrected chi connectivity index (χ3v) is 17.7. The molecule has 36 heteroatoms. The van der Waals surface area contributed by atoms with Crippen molar-refractivity contribution in [3.63, 3.8) is 0 Å². The minimum Gasteiger partial charge on any atom is -0.390 e. The number of hydrogen-bond donors (Lipinski definition) is 3. The molecule has 0 atom stereocenters. The lowest BCUT2D eigenvalue weighted by Gasteiger charge is -2.20. The van der Waals surface area contributed by atoms with Crippen molar-refractivity contribution in [2.75, 3.05) is 0 Å². The lowest BCUT2D eigenvalue weighted by molar-refractivity contribution is -0.145. The SMILES string of the molecule is CC(C)(O)CCn1ncc(-c2onc(-c3c(F)cccc3Cl)c2-c2nccs2)c1C(F)(F)F.CC(C)(O)Cn1ncc(-c2onc(-c3c(F)cccc3Cl)c2-c2nccs2)c1C(F)(F)F.OC1(Cn2ncc(-c3onc(-c4c(F)cccc4Cl)c3-c3nccs3)c2C(F)(F)F)CC1. The monoisotopic (exact) mass is 1470 g/mol. The van der Waals surface area contributed by atoms with E-state index in [2.05, 4.69) is 45.7 Å². The molecule has 1 fully saturated rings. The second-order valence-corrected chi connectivity index (χ2v) is 26.8. The van der Waals surface area contributed by atoms with E-state index in [1.54, 1.807) is 16.1 Å². The van der Waals surface area contributed by atoms with Gasteiger partial charge < -0.3 is 28.9 Å². The highest BCUT2D eigenvalue weighted by Crippen LogP contribution is 2.51. The molecule has 0 bridgehead atoms. The molecule has 9 aromatic heterocycles. The minimum atomic E-state index is -4.83. The van der Waals surface area contributed by atoms with Gasteiger partial charge in [-0.05, 0) is 83.4 Å². The van der Waals surface area contributed by atoms with Crippen LogP contribution in [0.4, 0.5) is 52.7 Å². The first-order valence-corrected chi connectivity index (χ1v) is 32.0. The Bertz CT molecular complexity index is 4530. The first kappa shape index (κ1) is 70.1. The van der Waals surface area contributed by atoms with Gasteiger partial charge in [0.05, 0.1) is 114 Å². The molecule has 1 aliphatic carbocycles. The van der Waals surface area contributed by atoms with Gasteiger partial charge in [-0.15, -0.1) is 34.0 Å². The summed E-state index contributed by atoms with van der Waals surface area (Å²) < 4.78 is 189. The molecule has 0 saturated heterocycles. The Balaban J connectivity index is 0.000000148. The van der Waals surface area contributed by atoms with Crippen molar-refractivity contribution in [3.05, 3.63) is 158 Å². The van der Waals surface area contributed by atoms with Crippen LogP contribution < -0.4 is 0 Å². The topological polar surface area (TPSA) is 231 Å². The fraction of sp³-hybridized carbons (Fsp3) is 0.262. The van der Waals surface area contributed by atoms with E-state index < -0.39 is 87.5 Å². The summed E-state index contributed by atoms with van der Waals surface area (Å²) in [5, 5.41) is 59.0. The summed E-state index contributed by atoms with van der Waals surface area (Å²) >= 11 is 21.9. The molecule has 1 aliphatic rings. The predicted molar refractivity (Wildman–Crippen MR) is 334 cm³/mol. The third kappa shape index (κ3) is 14.9. The average Bonchev–Trinajstić information content (AvgIpc) is 1.62. The number of hydrogen-bond acceptors (Lipinski definition) is 18. The number of alkyl halides is 9. The van der Waals surface area contributed by atoms with Crippen LogP contribution in [0.5, 0.6) is 0 Å². The molecule has 3 aromatic carbocycles. The molecular weight excluding hydrogens is 1430 g/mol. The van der Waals surface area contributed by atoms with E-state index in [1.807, 2.05) is 0 Å². The van der Waals surface area contributed by atoms with Crippen LogP contribution in [0.2, 0.25) is 15.1 Å². The fourth-order valence-electron chi connectivity index (χ4n) is 10.0. The molecule has 0 aliphatic heterocycles. The highest BCUT2D eigenvalue weighted by Gasteiger charge is 2.48. The zero-order valence-corrected chi connectivity index (χ0v) is 54.7. The standard InChI is InChI=1S/C21H17ClF4N4O2S.C20H13ClF4N4O2S.C20H15ClF4N4O2S/c1-20(2,31)6-8-30-18(21(24,25)26)11(10-28-30)17-15(19-27-7-9-33-19)16(29-32-17)14-12(22)4-3-5-13(14)23;21-11-2-1-3-12(22)13(11)15-14(18-26-6-7-32-18)16(31-28-15)10-8-27-29(9-19(30)4-5-19)17(10)20(23,24)25;1-19(2,30)9-29-17(20(23,24)25)10(8-27-29)16-14(18-26-6-7-32-18)15(28-31-16)13-11(21)4-3-5-12(13)22/h3-5,7,9-10,31H,6,8H2,1-2H3;1-3,6-8,30H,4-5,9H2;3-8,30H,9H2,1-2H3. The maximum Gasteiger partial charge on any atom is 0.433 e. The first-order valence-electron chi connectivity index (χ1n) is 28.2. The first-order chi connectivity index (χ1) is 45.6. The van der Waals surface area contributed by atoms with Gasteiger partial charge in [-0.3, -0.25) is 14.0 Å². The van der Waals surface area contributed by atoms with Crippen molar-refractivity contribution in [3.8, 4) is 99.5 Å². The van der Waals surface area contributed by atoms with Crippen LogP contribution in [0.25, 0.3) is 99.5 Å². The second-order valence-electron chi connectivity index (χ2n) is 22.9. The number of aromatic nitrogens is 12. The molecule has 0 unspecified atom stereocenters. The lowest BCUT2D eigenvalue weighted by Crippen LogP contribution is -2.29. The molecule has 0 amide bonds. The highest BCUT2D eigenvalue weighted by molar-refractivity contribution is 7.13. The molecule has 13 rings (SSSR count). The highest BCUT2D eigenvalue weighted by atomic mass is 35.5. The maximum atomic E-state index is 14.7. The van der Waals surface area contributed by atoms with E-state index in [0.29, 0.717) is 22.2 Å². The van der Waals surface area contributed by atoms with E-state index >= 15 is 0 Å². The average molecular weight is 1470 g/mol. The second kappa shape index (κ2) is 26.9. The molecule has 1 saturated carbocycles. The Morgan fingerprint density at radius 2 is 0.814 bits per heavy atom. The number of aryl methyl sites for hydroxylation is 1. The third-order valence-electron chi connectivity index (χ3n) is 14.4. The van der Waals surface area contributed by atoms with Crippen LogP contribution in [-0.4, -0.2) is 91.9 Å². The fourth-order valence-corrected chi connectivity index (χ4v) is 12.8. The van der Waals surface area contributed by atoms with Crippen LogP contribution in [0.15, 0.2) is 121 Å². The van der Waals surface area contributed by atoms with Gasteiger partial charge in [0, 0.05) is 41.3 Å². The van der Waals surface area contributed by atoms with Gasteiger partial charge in [0.2, 0.25) is 0 Å². The molecule has 3 N–H and O–H groups in total. The number of thiazole rings is 3. The molecular formula is C61H45Cl3F12N12O6S3. The predicted octanol–water partition coefficient (Wildman–Crippen LogP) is 17.9. The van der Waals surface area contributed by atoms with Crippen molar-refractivity contribution < 1.29 is 81.6 Å². The Hall–Kier alpha value is -8.28. The van der Waals surface area contributed by atoms with E-state index in [0.717, 1.165) is 75.5 Å². The van der Waals surface area contributed by atoms with Crippen molar-refractivity contribution in [1.82, 2.24) is 59.8 Å². The largest absolute Gasteiger partial charge is 0.433 e. The molecule has 9 heterocycles. The molecule has 97 heavy (non-hydrogen) atoms. The minimum absolute atomic E-state index is 0.0106. The summed E-state index contributed by atoms with van der Waals surface area (Å²) in [5.41, 5.74) is -8.73. The smallest absolute Gasteiger partial charge is 0.390 e. The van der Waals surface area contributed by atoms with Gasteiger partial charge in [0.1, 0.15) is 49.6 Å². The summed E-state index contributed by atoms with van der Waals surface area (Å²) in [5.74, 6) is -2.96. The van der Waals surface area contributed by atoms with Crippen molar-refractivity contribution in [2.45, 2.75) is 102 Å². The van der Waals surface area contributed by atoms with Gasteiger partial charge in [-0.25, -0.2) is 28.1 Å². The van der Waals surface area contributed by atoms with E-state index in [9.17, 15) is 68.0 Å². The maximum absolute atomic E-state index is 14.7. The van der Waals surface area contributed by atoms with Gasteiger partial charge in [-0.2, -0.15) is 54.8 Å². The summed E-state index contributed by atoms with van der Waals surface area (Å²) in [6, 6.07) is 12.0. The Morgan fingerprint density at radius 1 is 0.485 bits per heavy atom. The Kier molecular flexibility index (Phi) is 19.4. The van der Waals surface area contributed by atoms with Crippen LogP contribution in [0, 0.1) is 17.5 Å². The number of aliphatic hydroxyl groups is 3. The zero-order valence-electron chi connectivity index (χ0n) is 50.0. The van der Waals surface area contributed by atoms with Crippen molar-refractivity contribution in [1.29, 1.82) is 0 Å². The number of nitrogens with zero attached hydrogens (tertiary/aromatic N) is 12. The van der Waals surface area contributed by atoms with Gasteiger partial charge in [0.25, 0.3) is 0 Å². The van der Waals surface area contributed by atoms with Gasteiger partial charge in [-0.1, -0.05) is 68.5 Å². The van der Waals surface area contributed by atoms with Crippen LogP contribution >= 0.6 is 68.8 Å². The van der Waals surface area contributed by atoms with Crippen LogP contribution in [0.3, 0.4) is 0 Å². The summed E-state index contributed by atoms with van der Waals surface area (Å²) in [6.07, 6.45) is -6.27. The number of benzene rings is 3. The Morgan fingerprint density at radius 3 is 1.11 bits per heavy atom.